The van der Waals surface area contributed by atoms with Gasteiger partial charge in [-0.3, -0.25) is 0 Å². The maximum atomic E-state index is 13.7. The molecule has 1 aliphatic rings. The van der Waals surface area contributed by atoms with E-state index >= 15 is 0 Å². The first-order valence-electron chi connectivity index (χ1n) is 6.82. The first kappa shape index (κ1) is 16.8. The molecule has 0 spiro atoms. The molecule has 3 atom stereocenters. The van der Waals surface area contributed by atoms with Gasteiger partial charge in [-0.2, -0.15) is 22.7 Å². The van der Waals surface area contributed by atoms with E-state index in [2.05, 4.69) is 4.72 Å². The van der Waals surface area contributed by atoms with E-state index in [4.69, 9.17) is 5.26 Å². The van der Waals surface area contributed by atoms with E-state index in [0.29, 0.717) is 12.0 Å². The molecule has 1 fully saturated rings. The third-order valence-electron chi connectivity index (χ3n) is 3.61. The average Bonchev–Trinajstić information content (AvgIpc) is 3.16. The molecule has 0 aliphatic heterocycles. The summed E-state index contributed by atoms with van der Waals surface area (Å²) in [6.07, 6.45) is 0.462. The monoisotopic (exact) mass is 329 g/mol. The summed E-state index contributed by atoms with van der Waals surface area (Å²) in [5.41, 5.74) is 0.308. The molecule has 120 valence electrons. The van der Waals surface area contributed by atoms with E-state index in [9.17, 15) is 17.2 Å². The van der Waals surface area contributed by atoms with Crippen LogP contribution in [-0.4, -0.2) is 32.4 Å². The van der Waals surface area contributed by atoms with Crippen LogP contribution in [0.3, 0.4) is 0 Å². The molecule has 5 nitrogen and oxygen atoms in total. The summed E-state index contributed by atoms with van der Waals surface area (Å²) in [7, 11) is -2.35. The Morgan fingerprint density at radius 2 is 2.18 bits per heavy atom. The highest BCUT2D eigenvalue weighted by molar-refractivity contribution is 7.87. The number of nitriles is 1. The number of rotatable bonds is 6. The van der Waals surface area contributed by atoms with Crippen LogP contribution in [0.2, 0.25) is 0 Å². The topological polar surface area (TPSA) is 73.2 Å². The Hall–Kier alpha value is -1.56. The van der Waals surface area contributed by atoms with Gasteiger partial charge in [-0.1, -0.05) is 6.07 Å². The van der Waals surface area contributed by atoms with Gasteiger partial charge < -0.3 is 0 Å². The highest BCUT2D eigenvalue weighted by Gasteiger charge is 2.43. The van der Waals surface area contributed by atoms with Crippen LogP contribution in [0.4, 0.5) is 8.78 Å². The van der Waals surface area contributed by atoms with Crippen LogP contribution in [0.1, 0.15) is 24.8 Å². The van der Waals surface area contributed by atoms with Gasteiger partial charge in [0.05, 0.1) is 12.0 Å². The van der Waals surface area contributed by atoms with Crippen molar-refractivity contribution in [3.8, 4) is 6.07 Å². The van der Waals surface area contributed by atoms with Crippen LogP contribution in [0, 0.1) is 28.9 Å². The maximum absolute atomic E-state index is 13.7. The van der Waals surface area contributed by atoms with Crippen LogP contribution in [0.15, 0.2) is 18.2 Å². The molecule has 1 aliphatic carbocycles. The van der Waals surface area contributed by atoms with Crippen LogP contribution in [0.25, 0.3) is 0 Å². The Bertz CT molecular complexity index is 703. The number of halogens is 2. The SMILES string of the molecule is CC(C#N)CN(C)S(=O)(=O)N[C@@H]1C[C@H]1c1ccc(F)cc1F. The van der Waals surface area contributed by atoms with E-state index in [1.807, 2.05) is 6.07 Å². The highest BCUT2D eigenvalue weighted by atomic mass is 32.2. The van der Waals surface area contributed by atoms with Crippen LogP contribution >= 0.6 is 0 Å². The Morgan fingerprint density at radius 1 is 1.50 bits per heavy atom. The van der Waals surface area contributed by atoms with Crippen molar-refractivity contribution < 1.29 is 17.2 Å². The number of nitrogens with one attached hydrogen (secondary N) is 1. The quantitative estimate of drug-likeness (QED) is 0.864. The van der Waals surface area contributed by atoms with Gasteiger partial charge in [0, 0.05) is 31.6 Å². The van der Waals surface area contributed by atoms with Gasteiger partial charge in [-0.05, 0) is 25.0 Å². The van der Waals surface area contributed by atoms with Crippen molar-refractivity contribution in [2.24, 2.45) is 5.92 Å². The zero-order valence-electron chi connectivity index (χ0n) is 12.3. The number of hydrogen-bond donors (Lipinski definition) is 1. The molecule has 0 bridgehead atoms. The molecule has 1 N–H and O–H groups in total. The fraction of sp³-hybridized carbons (Fsp3) is 0.500. The highest BCUT2D eigenvalue weighted by Crippen LogP contribution is 2.42. The van der Waals surface area contributed by atoms with Crippen LogP contribution < -0.4 is 4.72 Å². The van der Waals surface area contributed by atoms with Crippen molar-refractivity contribution >= 4 is 10.2 Å². The van der Waals surface area contributed by atoms with Gasteiger partial charge in [-0.15, -0.1) is 0 Å². The minimum absolute atomic E-state index is 0.0775. The van der Waals surface area contributed by atoms with Gasteiger partial charge in [0.1, 0.15) is 11.6 Å². The summed E-state index contributed by atoms with van der Waals surface area (Å²) in [5.74, 6) is -2.05. The molecule has 0 saturated heterocycles. The van der Waals surface area contributed by atoms with Gasteiger partial charge >= 0.3 is 0 Å². The predicted molar refractivity (Wildman–Crippen MR) is 77.0 cm³/mol. The molecule has 1 unspecified atom stereocenters. The smallest absolute Gasteiger partial charge is 0.207 e. The van der Waals surface area contributed by atoms with Gasteiger partial charge in [0.2, 0.25) is 0 Å². The fourth-order valence-electron chi connectivity index (χ4n) is 2.28. The molecular formula is C14H17F2N3O2S. The average molecular weight is 329 g/mol. The van der Waals surface area contributed by atoms with E-state index in [0.717, 1.165) is 16.4 Å². The first-order chi connectivity index (χ1) is 10.2. The largest absolute Gasteiger partial charge is 0.279 e. The fourth-order valence-corrected chi connectivity index (χ4v) is 3.52. The Labute approximate surface area is 128 Å². The molecule has 0 amide bonds. The summed E-state index contributed by atoms with van der Waals surface area (Å²) < 4.78 is 54.3. The van der Waals surface area contributed by atoms with E-state index < -0.39 is 33.8 Å². The molecule has 1 aromatic rings. The summed E-state index contributed by atoms with van der Waals surface area (Å²) in [4.78, 5) is 0. The van der Waals surface area contributed by atoms with Crippen molar-refractivity contribution in [2.75, 3.05) is 13.6 Å². The molecule has 1 aromatic carbocycles. The van der Waals surface area contributed by atoms with Crippen molar-refractivity contribution in [3.63, 3.8) is 0 Å². The van der Waals surface area contributed by atoms with Gasteiger partial charge in [0.25, 0.3) is 10.2 Å². The third kappa shape index (κ3) is 3.80. The summed E-state index contributed by atoms with van der Waals surface area (Å²) in [5, 5.41) is 8.72. The lowest BCUT2D eigenvalue weighted by molar-refractivity contribution is 0.429. The van der Waals surface area contributed by atoms with Crippen molar-refractivity contribution in [1.29, 1.82) is 5.26 Å². The normalized spacial score (nSPS) is 22.4. The minimum Gasteiger partial charge on any atom is -0.207 e. The maximum Gasteiger partial charge on any atom is 0.279 e. The zero-order chi connectivity index (χ0) is 16.5. The lowest BCUT2D eigenvalue weighted by Gasteiger charge is -2.18. The summed E-state index contributed by atoms with van der Waals surface area (Å²) in [6, 6.07) is 4.84. The molecule has 22 heavy (non-hydrogen) atoms. The summed E-state index contributed by atoms with van der Waals surface area (Å²) >= 11 is 0. The second-order valence-electron chi connectivity index (χ2n) is 5.55. The third-order valence-corrected chi connectivity index (χ3v) is 5.18. The number of hydrogen-bond acceptors (Lipinski definition) is 3. The van der Waals surface area contributed by atoms with E-state index in [1.54, 1.807) is 6.92 Å². The number of benzene rings is 1. The van der Waals surface area contributed by atoms with Gasteiger partial charge in [0.15, 0.2) is 0 Å². The molecule has 0 radical (unpaired) electrons. The predicted octanol–water partition coefficient (Wildman–Crippen LogP) is 1.75. The van der Waals surface area contributed by atoms with Crippen molar-refractivity contribution in [1.82, 2.24) is 9.03 Å². The van der Waals surface area contributed by atoms with E-state index in [-0.39, 0.29) is 12.5 Å². The van der Waals surface area contributed by atoms with Crippen LogP contribution in [0.5, 0.6) is 0 Å². The molecule has 0 heterocycles. The van der Waals surface area contributed by atoms with Gasteiger partial charge in [-0.25, -0.2) is 8.78 Å². The van der Waals surface area contributed by atoms with Crippen molar-refractivity contribution in [3.05, 3.63) is 35.4 Å². The molecule has 1 saturated carbocycles. The Kier molecular flexibility index (Phi) is 4.80. The Morgan fingerprint density at radius 3 is 2.77 bits per heavy atom. The molecule has 8 heteroatoms. The molecule has 0 aromatic heterocycles. The second-order valence-corrected chi connectivity index (χ2v) is 7.36. The van der Waals surface area contributed by atoms with Crippen molar-refractivity contribution in [2.45, 2.75) is 25.3 Å². The molecular weight excluding hydrogens is 312 g/mol. The lowest BCUT2D eigenvalue weighted by atomic mass is 10.1. The molecule has 2 rings (SSSR count). The second kappa shape index (κ2) is 6.28. The summed E-state index contributed by atoms with van der Waals surface area (Å²) in [6.45, 7) is 1.70. The number of nitrogens with zero attached hydrogens (tertiary/aromatic N) is 2. The van der Waals surface area contributed by atoms with Crippen LogP contribution in [-0.2, 0) is 10.2 Å². The van der Waals surface area contributed by atoms with E-state index in [1.165, 1.54) is 13.1 Å². The minimum atomic E-state index is -3.73. The Balaban J connectivity index is 2.00. The lowest BCUT2D eigenvalue weighted by Crippen LogP contribution is -2.41. The zero-order valence-corrected chi connectivity index (χ0v) is 13.1. The standard InChI is InChI=1S/C14H17F2N3O2S/c1-9(7-17)8-19(2)22(20,21)18-14-6-12(14)11-4-3-10(15)5-13(11)16/h3-5,9,12,14,18H,6,8H2,1-2H3/t9?,12-,14+/m0/s1. The first-order valence-corrected chi connectivity index (χ1v) is 8.26.